The summed E-state index contributed by atoms with van der Waals surface area (Å²) in [7, 11) is 0. The maximum absolute atomic E-state index is 13.4. The van der Waals surface area contributed by atoms with E-state index in [1.165, 1.54) is 12.1 Å². The third-order valence-electron chi connectivity index (χ3n) is 3.17. The summed E-state index contributed by atoms with van der Waals surface area (Å²) < 4.78 is 31.5. The zero-order chi connectivity index (χ0) is 15.8. The van der Waals surface area contributed by atoms with Crippen molar-refractivity contribution in [2.45, 2.75) is 13.0 Å². The molecular weight excluding hydrogens is 284 g/mol. The van der Waals surface area contributed by atoms with Crippen LogP contribution >= 0.6 is 0 Å². The Kier molecular flexibility index (Phi) is 5.93. The highest BCUT2D eigenvalue weighted by atomic mass is 19.1. The van der Waals surface area contributed by atoms with Crippen LogP contribution in [0, 0.1) is 24.0 Å². The SMILES string of the molecule is C#CCOc1ccc(CCNCc2ccc(F)cc2F)cc1. The van der Waals surface area contributed by atoms with E-state index in [9.17, 15) is 8.78 Å². The molecular formula is C18H17F2NO. The molecule has 0 aromatic heterocycles. The second kappa shape index (κ2) is 8.16. The number of terminal acetylenes is 1. The topological polar surface area (TPSA) is 21.3 Å². The lowest BCUT2D eigenvalue weighted by Crippen LogP contribution is -2.17. The molecule has 2 nitrogen and oxygen atoms in total. The average molecular weight is 301 g/mol. The molecule has 0 spiro atoms. The predicted octanol–water partition coefficient (Wildman–Crippen LogP) is 3.31. The van der Waals surface area contributed by atoms with Crippen LogP contribution in [0.1, 0.15) is 11.1 Å². The van der Waals surface area contributed by atoms with Crippen LogP contribution in [0.5, 0.6) is 5.75 Å². The Labute approximate surface area is 129 Å². The van der Waals surface area contributed by atoms with Crippen molar-refractivity contribution >= 4 is 0 Å². The molecule has 114 valence electrons. The van der Waals surface area contributed by atoms with Crippen molar-refractivity contribution in [3.05, 3.63) is 65.2 Å². The van der Waals surface area contributed by atoms with Crippen LogP contribution in [0.4, 0.5) is 8.78 Å². The lowest BCUT2D eigenvalue weighted by Gasteiger charge is -2.07. The zero-order valence-electron chi connectivity index (χ0n) is 12.1. The van der Waals surface area contributed by atoms with Crippen molar-refractivity contribution in [1.82, 2.24) is 5.32 Å². The Morgan fingerprint density at radius 1 is 1.09 bits per heavy atom. The molecule has 0 aliphatic carbocycles. The minimum Gasteiger partial charge on any atom is -0.481 e. The smallest absolute Gasteiger partial charge is 0.148 e. The van der Waals surface area contributed by atoms with Gasteiger partial charge in [0, 0.05) is 18.2 Å². The van der Waals surface area contributed by atoms with Gasteiger partial charge in [-0.2, -0.15) is 0 Å². The van der Waals surface area contributed by atoms with E-state index in [0.29, 0.717) is 18.7 Å². The van der Waals surface area contributed by atoms with Gasteiger partial charge in [0.1, 0.15) is 24.0 Å². The van der Waals surface area contributed by atoms with Gasteiger partial charge in [0.15, 0.2) is 0 Å². The first-order valence-corrected chi connectivity index (χ1v) is 6.99. The van der Waals surface area contributed by atoms with Crippen LogP contribution in [0.15, 0.2) is 42.5 Å². The molecule has 0 heterocycles. The Morgan fingerprint density at radius 2 is 1.86 bits per heavy atom. The summed E-state index contributed by atoms with van der Waals surface area (Å²) in [5.41, 5.74) is 1.60. The van der Waals surface area contributed by atoms with Crippen molar-refractivity contribution in [3.63, 3.8) is 0 Å². The lowest BCUT2D eigenvalue weighted by molar-refractivity contribution is 0.370. The first kappa shape index (κ1) is 16.0. The van der Waals surface area contributed by atoms with Gasteiger partial charge in [-0.05, 0) is 36.7 Å². The summed E-state index contributed by atoms with van der Waals surface area (Å²) >= 11 is 0. The van der Waals surface area contributed by atoms with Crippen molar-refractivity contribution in [2.24, 2.45) is 0 Å². The van der Waals surface area contributed by atoms with Gasteiger partial charge >= 0.3 is 0 Å². The van der Waals surface area contributed by atoms with E-state index in [1.54, 1.807) is 0 Å². The van der Waals surface area contributed by atoms with Crippen LogP contribution in [0.3, 0.4) is 0 Å². The summed E-state index contributed by atoms with van der Waals surface area (Å²) in [5.74, 6) is 2.06. The Hall–Kier alpha value is -2.38. The summed E-state index contributed by atoms with van der Waals surface area (Å²) in [5, 5.41) is 3.14. The Bertz CT molecular complexity index is 647. The van der Waals surface area contributed by atoms with E-state index >= 15 is 0 Å². The van der Waals surface area contributed by atoms with Crippen LogP contribution in [-0.2, 0) is 13.0 Å². The standard InChI is InChI=1S/C18H17F2NO/c1-2-11-22-17-7-3-14(4-8-17)9-10-21-13-15-5-6-16(19)12-18(15)20/h1,3-8,12,21H,9-11,13H2. The van der Waals surface area contributed by atoms with Crippen molar-refractivity contribution in [3.8, 4) is 18.1 Å². The van der Waals surface area contributed by atoms with Crippen molar-refractivity contribution in [1.29, 1.82) is 0 Å². The fraction of sp³-hybridized carbons (Fsp3) is 0.222. The summed E-state index contributed by atoms with van der Waals surface area (Å²) in [6.45, 7) is 1.32. The van der Waals surface area contributed by atoms with Crippen LogP contribution < -0.4 is 10.1 Å². The molecule has 0 radical (unpaired) electrons. The minimum atomic E-state index is -0.562. The molecule has 0 unspecified atom stereocenters. The molecule has 0 aliphatic rings. The lowest BCUT2D eigenvalue weighted by atomic mass is 10.1. The maximum Gasteiger partial charge on any atom is 0.148 e. The van der Waals surface area contributed by atoms with Crippen LogP contribution in [-0.4, -0.2) is 13.2 Å². The van der Waals surface area contributed by atoms with Gasteiger partial charge in [0.2, 0.25) is 0 Å². The third-order valence-corrected chi connectivity index (χ3v) is 3.17. The molecule has 0 bridgehead atoms. The van der Waals surface area contributed by atoms with Gasteiger partial charge in [-0.3, -0.25) is 0 Å². The predicted molar refractivity (Wildman–Crippen MR) is 82.5 cm³/mol. The van der Waals surface area contributed by atoms with E-state index in [1.807, 2.05) is 24.3 Å². The highest BCUT2D eigenvalue weighted by molar-refractivity contribution is 5.27. The van der Waals surface area contributed by atoms with Gasteiger partial charge in [0.25, 0.3) is 0 Å². The van der Waals surface area contributed by atoms with E-state index in [4.69, 9.17) is 11.2 Å². The molecule has 2 rings (SSSR count). The Balaban J connectivity index is 1.75. The normalized spacial score (nSPS) is 10.2. The number of hydrogen-bond acceptors (Lipinski definition) is 2. The van der Waals surface area contributed by atoms with Gasteiger partial charge in [-0.15, -0.1) is 6.42 Å². The highest BCUT2D eigenvalue weighted by Gasteiger charge is 2.03. The summed E-state index contributed by atoms with van der Waals surface area (Å²) in [6.07, 6.45) is 5.93. The first-order valence-electron chi connectivity index (χ1n) is 6.99. The number of halogens is 2. The number of benzene rings is 2. The third kappa shape index (κ3) is 4.87. The average Bonchev–Trinajstić information content (AvgIpc) is 2.52. The first-order chi connectivity index (χ1) is 10.7. The fourth-order valence-electron chi connectivity index (χ4n) is 2.00. The quantitative estimate of drug-likeness (QED) is 0.626. The minimum absolute atomic E-state index is 0.254. The molecule has 1 N–H and O–H groups in total. The van der Waals surface area contributed by atoms with Crippen LogP contribution in [0.2, 0.25) is 0 Å². The molecule has 2 aromatic rings. The van der Waals surface area contributed by atoms with E-state index in [-0.39, 0.29) is 6.61 Å². The summed E-state index contributed by atoms with van der Waals surface area (Å²) in [4.78, 5) is 0. The largest absolute Gasteiger partial charge is 0.481 e. The zero-order valence-corrected chi connectivity index (χ0v) is 12.1. The molecule has 22 heavy (non-hydrogen) atoms. The van der Waals surface area contributed by atoms with Gasteiger partial charge < -0.3 is 10.1 Å². The molecule has 2 aromatic carbocycles. The maximum atomic E-state index is 13.4. The fourth-order valence-corrected chi connectivity index (χ4v) is 2.00. The second-order valence-electron chi connectivity index (χ2n) is 4.80. The molecule has 0 saturated heterocycles. The summed E-state index contributed by atoms with van der Waals surface area (Å²) in [6, 6.07) is 11.3. The molecule has 0 saturated carbocycles. The van der Waals surface area contributed by atoms with Crippen LogP contribution in [0.25, 0.3) is 0 Å². The Morgan fingerprint density at radius 3 is 2.55 bits per heavy atom. The molecule has 4 heteroatoms. The second-order valence-corrected chi connectivity index (χ2v) is 4.80. The van der Waals surface area contributed by atoms with E-state index in [2.05, 4.69) is 11.2 Å². The van der Waals surface area contributed by atoms with Gasteiger partial charge in [0.05, 0.1) is 0 Å². The monoisotopic (exact) mass is 301 g/mol. The molecule has 0 atom stereocenters. The van der Waals surface area contributed by atoms with Crippen molar-refractivity contribution in [2.75, 3.05) is 13.2 Å². The van der Waals surface area contributed by atoms with E-state index in [0.717, 1.165) is 23.8 Å². The molecule has 0 aliphatic heterocycles. The number of nitrogens with one attached hydrogen (secondary N) is 1. The van der Waals surface area contributed by atoms with Crippen molar-refractivity contribution < 1.29 is 13.5 Å². The van der Waals surface area contributed by atoms with E-state index < -0.39 is 11.6 Å². The molecule has 0 fully saturated rings. The van der Waals surface area contributed by atoms with Gasteiger partial charge in [-0.1, -0.05) is 24.1 Å². The molecule has 0 amide bonds. The number of rotatable bonds is 7. The number of ether oxygens (including phenoxy) is 1. The number of hydrogen-bond donors (Lipinski definition) is 1. The highest BCUT2D eigenvalue weighted by Crippen LogP contribution is 2.12. The van der Waals surface area contributed by atoms with Gasteiger partial charge in [-0.25, -0.2) is 8.78 Å².